The highest BCUT2D eigenvalue weighted by molar-refractivity contribution is 5.94. The fraction of sp³-hybridized carbons (Fsp3) is 0.231. The molecule has 0 aliphatic rings. The van der Waals surface area contributed by atoms with Crippen molar-refractivity contribution in [3.05, 3.63) is 35.5 Å². The summed E-state index contributed by atoms with van der Waals surface area (Å²) in [5.41, 5.74) is 8.59. The Balaban J connectivity index is 1.86. The van der Waals surface area contributed by atoms with Crippen LogP contribution in [0.15, 0.2) is 32.5 Å². The Morgan fingerprint density at radius 1 is 1.48 bits per heavy atom. The van der Waals surface area contributed by atoms with Crippen molar-refractivity contribution in [2.24, 2.45) is 5.10 Å². The Hall–Kier alpha value is -3.54. The van der Waals surface area contributed by atoms with Gasteiger partial charge in [0.1, 0.15) is 5.76 Å². The van der Waals surface area contributed by atoms with Gasteiger partial charge in [-0.25, -0.2) is 10.1 Å². The van der Waals surface area contributed by atoms with E-state index in [1.54, 1.807) is 12.1 Å². The molecule has 0 aliphatic carbocycles. The summed E-state index contributed by atoms with van der Waals surface area (Å²) < 4.78 is 11.0. The van der Waals surface area contributed by atoms with Gasteiger partial charge in [-0.2, -0.15) is 9.78 Å². The molecule has 0 fully saturated rings. The van der Waals surface area contributed by atoms with E-state index in [9.17, 15) is 4.79 Å². The molecule has 1 amide bonds. The van der Waals surface area contributed by atoms with Gasteiger partial charge in [0.05, 0.1) is 18.2 Å². The average molecular weight is 345 g/mol. The first-order chi connectivity index (χ1) is 12.1. The number of nitrogens with two attached hydrogens (primary N) is 1. The molecule has 3 aromatic rings. The molecule has 0 aromatic carbocycles. The molecule has 0 spiro atoms. The predicted molar refractivity (Wildman–Crippen MR) is 84.8 cm³/mol. The van der Waals surface area contributed by atoms with E-state index in [0.29, 0.717) is 18.0 Å². The van der Waals surface area contributed by atoms with Crippen LogP contribution in [0.5, 0.6) is 0 Å². The zero-order chi connectivity index (χ0) is 17.8. The summed E-state index contributed by atoms with van der Waals surface area (Å²) in [6.07, 6.45) is 2.87. The minimum atomic E-state index is -0.541. The number of amides is 1. The van der Waals surface area contributed by atoms with E-state index in [4.69, 9.17) is 10.2 Å². The van der Waals surface area contributed by atoms with E-state index >= 15 is 0 Å². The van der Waals surface area contributed by atoms with E-state index in [2.05, 4.69) is 35.8 Å². The lowest BCUT2D eigenvalue weighted by Gasteiger charge is -2.10. The van der Waals surface area contributed by atoms with Gasteiger partial charge in [0.25, 0.3) is 5.91 Å². The van der Waals surface area contributed by atoms with Gasteiger partial charge in [-0.3, -0.25) is 4.79 Å². The molecule has 3 rings (SSSR count). The van der Waals surface area contributed by atoms with Crippen molar-refractivity contribution in [1.82, 2.24) is 35.6 Å². The van der Waals surface area contributed by atoms with Crippen molar-refractivity contribution in [3.63, 3.8) is 0 Å². The highest BCUT2D eigenvalue weighted by Crippen LogP contribution is 2.16. The van der Waals surface area contributed by atoms with Gasteiger partial charge in [-0.1, -0.05) is 5.21 Å². The summed E-state index contributed by atoms with van der Waals surface area (Å²) in [5.74, 6) is 0.148. The minimum Gasteiger partial charge on any atom is -0.463 e. The minimum absolute atomic E-state index is 0.0349. The second kappa shape index (κ2) is 6.92. The van der Waals surface area contributed by atoms with Crippen molar-refractivity contribution in [2.45, 2.75) is 6.54 Å². The molecule has 0 atom stereocenters. The number of hydrogen-bond donors (Lipinski definition) is 2. The van der Waals surface area contributed by atoms with E-state index in [-0.39, 0.29) is 17.3 Å². The topological polar surface area (TPSA) is 153 Å². The van der Waals surface area contributed by atoms with Crippen LogP contribution in [0.3, 0.4) is 0 Å². The molecule has 0 radical (unpaired) electrons. The smallest absolute Gasteiger partial charge is 0.293 e. The average Bonchev–Trinajstić information content (AvgIpc) is 3.28. The summed E-state index contributed by atoms with van der Waals surface area (Å²) >= 11 is 0. The summed E-state index contributed by atoms with van der Waals surface area (Å²) in [7, 11) is 3.66. The van der Waals surface area contributed by atoms with Crippen molar-refractivity contribution < 1.29 is 13.8 Å². The molecule has 0 aliphatic heterocycles. The third-order valence-corrected chi connectivity index (χ3v) is 3.04. The fourth-order valence-electron chi connectivity index (χ4n) is 2.00. The van der Waals surface area contributed by atoms with Crippen LogP contribution < -0.4 is 11.2 Å². The number of carbonyl (C=O) groups is 1. The number of aromatic nitrogens is 5. The van der Waals surface area contributed by atoms with Crippen LogP contribution in [0.4, 0.5) is 5.82 Å². The summed E-state index contributed by atoms with van der Waals surface area (Å²) in [6, 6.07) is 3.41. The molecule has 12 nitrogen and oxygen atoms in total. The maximum absolute atomic E-state index is 12.4. The zero-order valence-corrected chi connectivity index (χ0v) is 13.4. The quantitative estimate of drug-likeness (QED) is 0.450. The van der Waals surface area contributed by atoms with Gasteiger partial charge >= 0.3 is 0 Å². The normalized spacial score (nSPS) is 11.5. The molecule has 25 heavy (non-hydrogen) atoms. The van der Waals surface area contributed by atoms with Gasteiger partial charge in [-0.05, 0) is 36.5 Å². The largest absolute Gasteiger partial charge is 0.463 e. The SMILES string of the molecule is CN(C)Cc1c(C(=O)N/N=C\c2ccco2)nnn1-c1nonc1N. The van der Waals surface area contributed by atoms with Gasteiger partial charge < -0.3 is 15.1 Å². The molecule has 0 saturated carbocycles. The van der Waals surface area contributed by atoms with E-state index in [1.807, 2.05) is 19.0 Å². The second-order valence-corrected chi connectivity index (χ2v) is 5.22. The molecule has 3 aromatic heterocycles. The standard InChI is InChI=1S/C13H15N9O3/c1-21(2)7-9-10(13(23)17-15-6-8-4-3-5-24-8)16-20-22(9)12-11(14)18-25-19-12/h3-6H,7H2,1-2H3,(H2,14,18)(H,17,23)/b15-6-. The predicted octanol–water partition coefficient (Wildman–Crippen LogP) is -0.349. The summed E-state index contributed by atoms with van der Waals surface area (Å²) in [4.78, 5) is 14.2. The summed E-state index contributed by atoms with van der Waals surface area (Å²) in [6.45, 7) is 0.351. The Labute approximate surface area is 141 Å². The van der Waals surface area contributed by atoms with Crippen molar-refractivity contribution in [1.29, 1.82) is 0 Å². The number of anilines is 1. The lowest BCUT2D eigenvalue weighted by Crippen LogP contribution is -2.23. The highest BCUT2D eigenvalue weighted by atomic mass is 16.6. The number of furan rings is 1. The van der Waals surface area contributed by atoms with Gasteiger partial charge in [0.15, 0.2) is 5.69 Å². The van der Waals surface area contributed by atoms with Crippen LogP contribution in [-0.4, -0.2) is 56.4 Å². The van der Waals surface area contributed by atoms with Crippen molar-refractivity contribution in [2.75, 3.05) is 19.8 Å². The van der Waals surface area contributed by atoms with Crippen LogP contribution in [0, 0.1) is 0 Å². The lowest BCUT2D eigenvalue weighted by molar-refractivity contribution is 0.0948. The molecule has 3 N–H and O–H groups in total. The van der Waals surface area contributed by atoms with Crippen LogP contribution >= 0.6 is 0 Å². The molecule has 130 valence electrons. The third kappa shape index (κ3) is 3.53. The van der Waals surface area contributed by atoms with Crippen LogP contribution in [0.2, 0.25) is 0 Å². The Kier molecular flexibility index (Phi) is 4.52. The molecule has 0 saturated heterocycles. The number of nitrogens with one attached hydrogen (secondary N) is 1. The number of carbonyl (C=O) groups excluding carboxylic acids is 1. The van der Waals surface area contributed by atoms with E-state index in [1.165, 1.54) is 17.2 Å². The monoisotopic (exact) mass is 345 g/mol. The second-order valence-electron chi connectivity index (χ2n) is 5.22. The number of nitrogen functional groups attached to an aromatic ring is 1. The number of nitrogens with zero attached hydrogens (tertiary/aromatic N) is 7. The fourth-order valence-corrected chi connectivity index (χ4v) is 2.00. The van der Waals surface area contributed by atoms with Gasteiger partial charge in [-0.15, -0.1) is 5.10 Å². The molecule has 0 bridgehead atoms. The number of hydrogen-bond acceptors (Lipinski definition) is 10. The molecular weight excluding hydrogens is 330 g/mol. The first-order valence-corrected chi connectivity index (χ1v) is 7.11. The van der Waals surface area contributed by atoms with E-state index < -0.39 is 5.91 Å². The zero-order valence-electron chi connectivity index (χ0n) is 13.4. The van der Waals surface area contributed by atoms with Crippen molar-refractivity contribution >= 4 is 17.9 Å². The third-order valence-electron chi connectivity index (χ3n) is 3.04. The molecule has 3 heterocycles. The van der Waals surface area contributed by atoms with Crippen molar-refractivity contribution in [3.8, 4) is 5.82 Å². The van der Waals surface area contributed by atoms with Gasteiger partial charge in [0, 0.05) is 6.54 Å². The first kappa shape index (κ1) is 16.3. The first-order valence-electron chi connectivity index (χ1n) is 7.11. The van der Waals surface area contributed by atoms with Crippen LogP contribution in [-0.2, 0) is 6.54 Å². The number of hydrazone groups is 1. The number of rotatable bonds is 6. The molecular formula is C13H15N9O3. The Morgan fingerprint density at radius 3 is 2.96 bits per heavy atom. The maximum Gasteiger partial charge on any atom is 0.293 e. The summed E-state index contributed by atoms with van der Waals surface area (Å²) in [5, 5.41) is 18.8. The molecule has 12 heteroatoms. The molecule has 0 unspecified atom stereocenters. The highest BCUT2D eigenvalue weighted by Gasteiger charge is 2.24. The Morgan fingerprint density at radius 2 is 2.32 bits per heavy atom. The maximum atomic E-state index is 12.4. The van der Waals surface area contributed by atoms with E-state index in [0.717, 1.165) is 0 Å². The van der Waals surface area contributed by atoms with Crippen LogP contribution in [0.1, 0.15) is 21.9 Å². The van der Waals surface area contributed by atoms with Gasteiger partial charge in [0.2, 0.25) is 11.6 Å². The Bertz CT molecular complexity index is 879. The van der Waals surface area contributed by atoms with Crippen LogP contribution in [0.25, 0.3) is 5.82 Å². The lowest BCUT2D eigenvalue weighted by atomic mass is 10.3.